The second-order valence-corrected chi connectivity index (χ2v) is 5.82. The first-order chi connectivity index (χ1) is 7.24. The van der Waals surface area contributed by atoms with Gasteiger partial charge in [-0.15, -0.1) is 0 Å². The number of likely N-dealkylation sites (N-methyl/N-ethyl adjacent to an activating group) is 1. The van der Waals surface area contributed by atoms with Crippen LogP contribution in [0.1, 0.15) is 19.8 Å². The smallest absolute Gasteiger partial charge is 0.156 e. The van der Waals surface area contributed by atoms with Gasteiger partial charge in [-0.3, -0.25) is 4.99 Å². The number of thioether (sulfide) groups is 1. The van der Waals surface area contributed by atoms with Gasteiger partial charge in [0.25, 0.3) is 0 Å². The van der Waals surface area contributed by atoms with Crippen molar-refractivity contribution in [2.24, 2.45) is 10.9 Å². The minimum Gasteiger partial charge on any atom is -0.361 e. The highest BCUT2D eigenvalue weighted by molar-refractivity contribution is 8.13. The van der Waals surface area contributed by atoms with Gasteiger partial charge in [0.2, 0.25) is 0 Å². The Hall–Kier alpha value is -0.220. The second-order valence-electron chi connectivity index (χ2n) is 4.81. The van der Waals surface area contributed by atoms with Crippen molar-refractivity contribution in [1.82, 2.24) is 10.2 Å². The minimum absolute atomic E-state index is 0.614. The lowest BCUT2D eigenvalue weighted by Gasteiger charge is -2.31. The van der Waals surface area contributed by atoms with Gasteiger partial charge in [-0.2, -0.15) is 0 Å². The molecule has 0 aromatic heterocycles. The van der Waals surface area contributed by atoms with Crippen molar-refractivity contribution in [3.63, 3.8) is 0 Å². The average molecular weight is 227 g/mol. The number of piperidine rings is 1. The molecule has 0 radical (unpaired) electrons. The van der Waals surface area contributed by atoms with E-state index in [0.717, 1.165) is 19.0 Å². The van der Waals surface area contributed by atoms with Gasteiger partial charge in [0.1, 0.15) is 0 Å². The Morgan fingerprint density at radius 3 is 3.07 bits per heavy atom. The Balaban J connectivity index is 1.81. The van der Waals surface area contributed by atoms with Crippen LogP contribution in [0.4, 0.5) is 0 Å². The van der Waals surface area contributed by atoms with E-state index in [-0.39, 0.29) is 0 Å². The van der Waals surface area contributed by atoms with Crippen LogP contribution >= 0.6 is 11.8 Å². The van der Waals surface area contributed by atoms with E-state index in [1.54, 1.807) is 0 Å². The molecule has 2 rings (SSSR count). The molecule has 2 aliphatic rings. The Labute approximate surface area is 96.7 Å². The van der Waals surface area contributed by atoms with Gasteiger partial charge in [0.15, 0.2) is 5.17 Å². The zero-order valence-electron chi connectivity index (χ0n) is 9.70. The number of hydrogen-bond acceptors (Lipinski definition) is 4. The normalized spacial score (nSPS) is 33.6. The number of amidine groups is 1. The standard InChI is InChI=1S/C11H21N3S/c1-9-6-12-11(15-8-9)13-10-4-3-5-14(2)7-10/h9-10H,3-8H2,1-2H3,(H,12,13). The van der Waals surface area contributed by atoms with Crippen LogP contribution in [0.3, 0.4) is 0 Å². The molecule has 0 bridgehead atoms. The Morgan fingerprint density at radius 2 is 2.40 bits per heavy atom. The third-order valence-corrected chi connectivity index (χ3v) is 4.26. The maximum atomic E-state index is 4.58. The number of hydrogen-bond donors (Lipinski definition) is 1. The van der Waals surface area contributed by atoms with E-state index in [9.17, 15) is 0 Å². The van der Waals surface area contributed by atoms with Crippen molar-refractivity contribution in [2.45, 2.75) is 25.8 Å². The molecular formula is C11H21N3S. The zero-order valence-corrected chi connectivity index (χ0v) is 10.5. The lowest BCUT2D eigenvalue weighted by molar-refractivity contribution is 0.241. The van der Waals surface area contributed by atoms with Gasteiger partial charge < -0.3 is 10.2 Å². The first kappa shape index (κ1) is 11.3. The molecule has 0 aliphatic carbocycles. The Kier molecular flexibility index (Phi) is 3.92. The van der Waals surface area contributed by atoms with Crippen LogP contribution in [0.15, 0.2) is 4.99 Å². The monoisotopic (exact) mass is 227 g/mol. The van der Waals surface area contributed by atoms with Crippen molar-refractivity contribution < 1.29 is 0 Å². The third-order valence-electron chi connectivity index (χ3n) is 3.00. The second kappa shape index (κ2) is 5.21. The molecule has 3 nitrogen and oxygen atoms in total. The number of aliphatic imine (C=N–C) groups is 1. The van der Waals surface area contributed by atoms with Crippen LogP contribution in [0.2, 0.25) is 0 Å². The van der Waals surface area contributed by atoms with Crippen LogP contribution in [0.5, 0.6) is 0 Å². The molecule has 1 saturated heterocycles. The van der Waals surface area contributed by atoms with Crippen molar-refractivity contribution in [1.29, 1.82) is 0 Å². The minimum atomic E-state index is 0.614. The lowest BCUT2D eigenvalue weighted by Crippen LogP contribution is -2.46. The van der Waals surface area contributed by atoms with E-state index in [0.29, 0.717) is 6.04 Å². The summed E-state index contributed by atoms with van der Waals surface area (Å²) in [7, 11) is 2.20. The van der Waals surface area contributed by atoms with Gasteiger partial charge >= 0.3 is 0 Å². The zero-order chi connectivity index (χ0) is 10.7. The molecule has 0 spiro atoms. The summed E-state index contributed by atoms with van der Waals surface area (Å²) in [5.74, 6) is 1.96. The summed E-state index contributed by atoms with van der Waals surface area (Å²) < 4.78 is 0. The van der Waals surface area contributed by atoms with Gasteiger partial charge in [-0.05, 0) is 32.4 Å². The molecule has 86 valence electrons. The first-order valence-electron chi connectivity index (χ1n) is 5.86. The first-order valence-corrected chi connectivity index (χ1v) is 6.85. The van der Waals surface area contributed by atoms with E-state index in [1.165, 1.54) is 30.3 Å². The summed E-state index contributed by atoms with van der Waals surface area (Å²) in [6, 6.07) is 0.614. The topological polar surface area (TPSA) is 27.6 Å². The van der Waals surface area contributed by atoms with Gasteiger partial charge in [-0.1, -0.05) is 18.7 Å². The largest absolute Gasteiger partial charge is 0.361 e. The quantitative estimate of drug-likeness (QED) is 0.734. The number of rotatable bonds is 1. The Morgan fingerprint density at radius 1 is 1.53 bits per heavy atom. The SMILES string of the molecule is CC1CN=C(NC2CCCN(C)C2)SC1. The fourth-order valence-electron chi connectivity index (χ4n) is 2.10. The molecule has 2 aliphatic heterocycles. The summed E-state index contributed by atoms with van der Waals surface area (Å²) in [6.07, 6.45) is 2.60. The molecule has 2 atom stereocenters. The third kappa shape index (κ3) is 3.38. The molecule has 4 heteroatoms. The molecule has 0 saturated carbocycles. The summed E-state index contributed by atoms with van der Waals surface area (Å²) in [4.78, 5) is 6.98. The summed E-state index contributed by atoms with van der Waals surface area (Å²) in [5.41, 5.74) is 0. The maximum absolute atomic E-state index is 4.58. The lowest BCUT2D eigenvalue weighted by atomic mass is 10.1. The van der Waals surface area contributed by atoms with E-state index < -0.39 is 0 Å². The number of nitrogens with zero attached hydrogens (tertiary/aromatic N) is 2. The fraction of sp³-hybridized carbons (Fsp3) is 0.909. The molecule has 2 heterocycles. The van der Waals surface area contributed by atoms with Crippen molar-refractivity contribution in [3.05, 3.63) is 0 Å². The molecule has 2 unspecified atom stereocenters. The predicted octanol–water partition coefficient (Wildman–Crippen LogP) is 1.41. The summed E-state index contributed by atoms with van der Waals surface area (Å²) in [6.45, 7) is 5.67. The van der Waals surface area contributed by atoms with Gasteiger partial charge in [0, 0.05) is 24.9 Å². The summed E-state index contributed by atoms with van der Waals surface area (Å²) >= 11 is 1.89. The van der Waals surface area contributed by atoms with Gasteiger partial charge in [0.05, 0.1) is 0 Å². The highest BCUT2D eigenvalue weighted by Crippen LogP contribution is 2.17. The highest BCUT2D eigenvalue weighted by atomic mass is 32.2. The molecule has 0 amide bonds. The predicted molar refractivity (Wildman–Crippen MR) is 67.6 cm³/mol. The van der Waals surface area contributed by atoms with Crippen molar-refractivity contribution in [2.75, 3.05) is 32.4 Å². The maximum Gasteiger partial charge on any atom is 0.156 e. The molecule has 0 aromatic carbocycles. The van der Waals surface area contributed by atoms with Crippen molar-refractivity contribution >= 4 is 16.9 Å². The van der Waals surface area contributed by atoms with Crippen LogP contribution < -0.4 is 5.32 Å². The van der Waals surface area contributed by atoms with E-state index >= 15 is 0 Å². The van der Waals surface area contributed by atoms with E-state index in [4.69, 9.17) is 0 Å². The Bertz CT molecular complexity index is 242. The summed E-state index contributed by atoms with van der Waals surface area (Å²) in [5, 5.41) is 4.75. The molecule has 0 aromatic rings. The van der Waals surface area contributed by atoms with Crippen LogP contribution in [0, 0.1) is 5.92 Å². The van der Waals surface area contributed by atoms with Crippen LogP contribution in [-0.4, -0.2) is 48.5 Å². The molecule has 15 heavy (non-hydrogen) atoms. The molecular weight excluding hydrogens is 206 g/mol. The molecule has 1 N–H and O–H groups in total. The van der Waals surface area contributed by atoms with Gasteiger partial charge in [-0.25, -0.2) is 0 Å². The van der Waals surface area contributed by atoms with Crippen LogP contribution in [0.25, 0.3) is 0 Å². The average Bonchev–Trinajstić information content (AvgIpc) is 2.22. The highest BCUT2D eigenvalue weighted by Gasteiger charge is 2.20. The fourth-order valence-corrected chi connectivity index (χ4v) is 3.07. The molecule has 1 fully saturated rings. The van der Waals surface area contributed by atoms with E-state index in [2.05, 4.69) is 29.2 Å². The van der Waals surface area contributed by atoms with E-state index in [1.807, 2.05) is 11.8 Å². The number of likely N-dealkylation sites (tertiary alicyclic amines) is 1. The van der Waals surface area contributed by atoms with Crippen LogP contribution in [-0.2, 0) is 0 Å². The number of nitrogens with one attached hydrogen (secondary N) is 1. The van der Waals surface area contributed by atoms with Crippen molar-refractivity contribution in [3.8, 4) is 0 Å².